The van der Waals surface area contributed by atoms with Crippen LogP contribution in [0, 0.1) is 5.82 Å². The van der Waals surface area contributed by atoms with Gasteiger partial charge in [0.1, 0.15) is 0 Å². The zero-order valence-electron chi connectivity index (χ0n) is 11.6. The largest absolute Gasteiger partial charge is 0.505 e. The Balaban J connectivity index is 2.00. The molecule has 0 radical (unpaired) electrons. The van der Waals surface area contributed by atoms with Crippen molar-refractivity contribution in [2.75, 3.05) is 12.0 Å². The summed E-state index contributed by atoms with van der Waals surface area (Å²) in [5.74, 6) is -1.29. The number of carbonyl (C=O) groups excluding carboxylic acids is 1. The molecule has 3 rings (SSSR count). The van der Waals surface area contributed by atoms with Crippen LogP contribution in [0.3, 0.4) is 0 Å². The summed E-state index contributed by atoms with van der Waals surface area (Å²) in [5, 5.41) is 11.8. The zero-order valence-corrected chi connectivity index (χ0v) is 12.4. The van der Waals surface area contributed by atoms with Crippen LogP contribution in [0.2, 0.25) is 0 Å². The topological polar surface area (TPSA) is 49.8 Å². The van der Waals surface area contributed by atoms with Gasteiger partial charge in [-0.05, 0) is 25.0 Å². The van der Waals surface area contributed by atoms with Crippen LogP contribution >= 0.6 is 11.3 Å². The van der Waals surface area contributed by atoms with Crippen LogP contribution in [0.25, 0.3) is 0 Å². The Hall–Kier alpha value is -2.08. The second kappa shape index (κ2) is 5.04. The van der Waals surface area contributed by atoms with Crippen LogP contribution in [-0.2, 0) is 6.42 Å². The molecule has 1 atom stereocenters. The van der Waals surface area contributed by atoms with Gasteiger partial charge in [0.25, 0.3) is 5.91 Å². The fourth-order valence-corrected chi connectivity index (χ4v) is 3.32. The average molecular weight is 307 g/mol. The molecule has 4 nitrogen and oxygen atoms in total. The minimum Gasteiger partial charge on any atom is -0.505 e. The lowest BCUT2D eigenvalue weighted by molar-refractivity contribution is 0.0981. The Bertz CT molecular complexity index is 713. The van der Waals surface area contributed by atoms with Crippen molar-refractivity contribution < 1.29 is 19.0 Å². The number of anilines is 1. The van der Waals surface area contributed by atoms with Crippen molar-refractivity contribution in [2.45, 2.75) is 19.4 Å². The van der Waals surface area contributed by atoms with Gasteiger partial charge < -0.3 is 14.7 Å². The van der Waals surface area contributed by atoms with E-state index in [1.54, 1.807) is 23.5 Å². The maximum Gasteiger partial charge on any atom is 0.259 e. The molecule has 0 bridgehead atoms. The minimum atomic E-state index is -0.719. The number of hydrogen-bond donors (Lipinski definition) is 1. The van der Waals surface area contributed by atoms with Gasteiger partial charge in [0, 0.05) is 23.6 Å². The van der Waals surface area contributed by atoms with E-state index < -0.39 is 5.82 Å². The molecule has 0 fully saturated rings. The fourth-order valence-electron chi connectivity index (χ4n) is 2.61. The highest BCUT2D eigenvalue weighted by molar-refractivity contribution is 7.12. The second-order valence-electron chi connectivity index (χ2n) is 5.02. The predicted molar refractivity (Wildman–Crippen MR) is 78.9 cm³/mol. The third-order valence-electron chi connectivity index (χ3n) is 3.61. The standard InChI is InChI=1S/C15H14FNO3S/c1-8-3-9-4-13(18)11(16)6-12(9)17(8)15(19)10-5-14(20-2)21-7-10/h4-8,18H,3H2,1-2H3. The molecule has 110 valence electrons. The van der Waals surface area contributed by atoms with Crippen molar-refractivity contribution >= 4 is 22.9 Å². The van der Waals surface area contributed by atoms with Crippen molar-refractivity contribution in [1.82, 2.24) is 0 Å². The Kier molecular flexibility index (Phi) is 3.33. The molecule has 0 spiro atoms. The zero-order chi connectivity index (χ0) is 15.1. The Labute approximate surface area is 125 Å². The number of benzene rings is 1. The number of halogens is 1. The Morgan fingerprint density at radius 3 is 2.90 bits per heavy atom. The molecule has 2 aromatic rings. The number of thiophene rings is 1. The number of aromatic hydroxyl groups is 1. The van der Waals surface area contributed by atoms with E-state index in [0.717, 1.165) is 5.56 Å². The first kappa shape index (κ1) is 13.9. The van der Waals surface area contributed by atoms with Gasteiger partial charge in [0.15, 0.2) is 16.6 Å². The number of methoxy groups -OCH3 is 1. The van der Waals surface area contributed by atoms with Crippen LogP contribution in [0.1, 0.15) is 22.8 Å². The number of amides is 1. The maximum atomic E-state index is 13.6. The smallest absolute Gasteiger partial charge is 0.259 e. The molecule has 0 aliphatic carbocycles. The van der Waals surface area contributed by atoms with Crippen molar-refractivity contribution in [1.29, 1.82) is 0 Å². The van der Waals surface area contributed by atoms with Crippen molar-refractivity contribution in [3.05, 3.63) is 40.5 Å². The molecule has 21 heavy (non-hydrogen) atoms. The Morgan fingerprint density at radius 1 is 1.48 bits per heavy atom. The first-order valence-electron chi connectivity index (χ1n) is 6.48. The number of phenolic OH excluding ortho intramolecular Hbond substituents is 1. The van der Waals surface area contributed by atoms with E-state index in [2.05, 4.69) is 0 Å². The monoisotopic (exact) mass is 307 g/mol. The van der Waals surface area contributed by atoms with Crippen molar-refractivity contribution in [2.24, 2.45) is 0 Å². The maximum absolute atomic E-state index is 13.6. The molecule has 1 aliphatic rings. The van der Waals surface area contributed by atoms with Crippen LogP contribution in [0.4, 0.5) is 10.1 Å². The number of phenols is 1. The van der Waals surface area contributed by atoms with Gasteiger partial charge in [-0.25, -0.2) is 4.39 Å². The summed E-state index contributed by atoms with van der Waals surface area (Å²) in [6.45, 7) is 1.90. The average Bonchev–Trinajstić information content (AvgIpc) is 3.03. The number of fused-ring (bicyclic) bond motifs is 1. The van der Waals surface area contributed by atoms with Gasteiger partial charge in [0.05, 0.1) is 18.4 Å². The van der Waals surface area contributed by atoms with Gasteiger partial charge in [-0.1, -0.05) is 0 Å². The highest BCUT2D eigenvalue weighted by Crippen LogP contribution is 2.37. The van der Waals surface area contributed by atoms with Gasteiger partial charge >= 0.3 is 0 Å². The van der Waals surface area contributed by atoms with Crippen molar-refractivity contribution in [3.8, 4) is 10.8 Å². The summed E-state index contributed by atoms with van der Waals surface area (Å²) in [6, 6.07) is 4.20. The SMILES string of the molecule is COc1cc(C(=O)N2c3cc(F)c(O)cc3CC2C)cs1. The molecule has 0 saturated heterocycles. The molecule has 1 aliphatic heterocycles. The highest BCUT2D eigenvalue weighted by atomic mass is 32.1. The lowest BCUT2D eigenvalue weighted by Crippen LogP contribution is -2.35. The summed E-state index contributed by atoms with van der Waals surface area (Å²) < 4.78 is 18.7. The van der Waals surface area contributed by atoms with Crippen LogP contribution in [-0.4, -0.2) is 24.2 Å². The number of carbonyl (C=O) groups is 1. The lowest BCUT2D eigenvalue weighted by Gasteiger charge is -2.22. The summed E-state index contributed by atoms with van der Waals surface area (Å²) in [7, 11) is 1.55. The third kappa shape index (κ3) is 2.25. The second-order valence-corrected chi connectivity index (χ2v) is 5.89. The lowest BCUT2D eigenvalue weighted by atomic mass is 10.1. The van der Waals surface area contributed by atoms with Gasteiger partial charge in [-0.2, -0.15) is 0 Å². The molecule has 1 N–H and O–H groups in total. The van der Waals surface area contributed by atoms with Gasteiger partial charge in [0.2, 0.25) is 0 Å². The number of ether oxygens (including phenoxy) is 1. The van der Waals surface area contributed by atoms with E-state index in [-0.39, 0.29) is 17.7 Å². The van der Waals surface area contributed by atoms with E-state index >= 15 is 0 Å². The molecule has 1 aromatic carbocycles. The van der Waals surface area contributed by atoms with E-state index in [4.69, 9.17) is 4.74 Å². The minimum absolute atomic E-state index is 0.0837. The number of nitrogens with zero attached hydrogens (tertiary/aromatic N) is 1. The van der Waals surface area contributed by atoms with Crippen LogP contribution in [0.15, 0.2) is 23.6 Å². The van der Waals surface area contributed by atoms with Crippen LogP contribution < -0.4 is 9.64 Å². The molecule has 0 saturated carbocycles. The molecule has 6 heteroatoms. The van der Waals surface area contributed by atoms with Crippen molar-refractivity contribution in [3.63, 3.8) is 0 Å². The molecule has 1 aromatic heterocycles. The van der Waals surface area contributed by atoms with Gasteiger partial charge in [-0.3, -0.25) is 4.79 Å². The number of hydrogen-bond acceptors (Lipinski definition) is 4. The van der Waals surface area contributed by atoms with E-state index in [9.17, 15) is 14.3 Å². The Morgan fingerprint density at radius 2 is 2.24 bits per heavy atom. The summed E-state index contributed by atoms with van der Waals surface area (Å²) >= 11 is 1.34. The first-order valence-corrected chi connectivity index (χ1v) is 7.36. The van der Waals surface area contributed by atoms with Gasteiger partial charge in [-0.15, -0.1) is 11.3 Å². The quantitative estimate of drug-likeness (QED) is 0.927. The molecular formula is C15H14FNO3S. The summed E-state index contributed by atoms with van der Waals surface area (Å²) in [5.41, 5.74) is 1.81. The molecule has 1 amide bonds. The molecular weight excluding hydrogens is 293 g/mol. The molecule has 2 heterocycles. The van der Waals surface area contributed by atoms with E-state index in [1.165, 1.54) is 23.5 Å². The van der Waals surface area contributed by atoms with E-state index in [0.29, 0.717) is 22.7 Å². The fraction of sp³-hybridized carbons (Fsp3) is 0.267. The summed E-state index contributed by atoms with van der Waals surface area (Å²) in [6.07, 6.45) is 0.593. The normalized spacial score (nSPS) is 16.9. The highest BCUT2D eigenvalue weighted by Gasteiger charge is 2.33. The first-order chi connectivity index (χ1) is 10.0. The third-order valence-corrected chi connectivity index (χ3v) is 4.49. The molecule has 1 unspecified atom stereocenters. The predicted octanol–water partition coefficient (Wildman–Crippen LogP) is 3.19. The van der Waals surface area contributed by atoms with E-state index in [1.807, 2.05) is 6.92 Å². The number of rotatable bonds is 2. The van der Waals surface area contributed by atoms with Crippen LogP contribution in [0.5, 0.6) is 10.8 Å². The summed E-state index contributed by atoms with van der Waals surface area (Å²) in [4.78, 5) is 14.2.